The predicted octanol–water partition coefficient (Wildman–Crippen LogP) is 3.12. The summed E-state index contributed by atoms with van der Waals surface area (Å²) in [5, 5.41) is 9.45. The van der Waals surface area contributed by atoms with E-state index in [1.54, 1.807) is 6.92 Å². The molecule has 0 bridgehead atoms. The number of hydrogen-bond acceptors (Lipinski definition) is 3. The first kappa shape index (κ1) is 18.7. The van der Waals surface area contributed by atoms with Crippen LogP contribution in [0.4, 0.5) is 5.82 Å². The van der Waals surface area contributed by atoms with E-state index in [9.17, 15) is 0 Å². The zero-order chi connectivity index (χ0) is 18.5. The topological polar surface area (TPSA) is 71.5 Å². The van der Waals surface area contributed by atoms with E-state index < -0.39 is 0 Å². The van der Waals surface area contributed by atoms with Crippen LogP contribution in [0.1, 0.15) is 25.3 Å². The molecule has 26 heavy (non-hydrogen) atoms. The number of halogens is 1. The Kier molecular flexibility index (Phi) is 6.11. The molecule has 8 heteroatoms. The first-order chi connectivity index (χ1) is 12.5. The highest BCUT2D eigenvalue weighted by atomic mass is 35.5. The van der Waals surface area contributed by atoms with Crippen molar-refractivity contribution < 1.29 is 0 Å². The highest BCUT2D eigenvalue weighted by Crippen LogP contribution is 2.17. The minimum Gasteiger partial charge on any atom is -0.387 e. The fourth-order valence-corrected chi connectivity index (χ4v) is 3.40. The summed E-state index contributed by atoms with van der Waals surface area (Å²) in [6.07, 6.45) is 3.96. The molecule has 3 N–H and O–H groups in total. The van der Waals surface area contributed by atoms with E-state index in [1.165, 1.54) is 5.56 Å². The summed E-state index contributed by atoms with van der Waals surface area (Å²) in [5.74, 6) is 1.40. The van der Waals surface area contributed by atoms with Crippen LogP contribution in [0.2, 0.25) is 5.02 Å². The number of benzene rings is 1. The van der Waals surface area contributed by atoms with Crippen molar-refractivity contribution in [1.29, 1.82) is 0 Å². The van der Waals surface area contributed by atoms with E-state index >= 15 is 0 Å². The Bertz CT molecular complexity index is 773. The van der Waals surface area contributed by atoms with Crippen molar-refractivity contribution in [2.45, 2.75) is 32.4 Å². The first-order valence-electron chi connectivity index (χ1n) is 8.64. The number of rotatable bonds is 4. The molecule has 138 valence electrons. The summed E-state index contributed by atoms with van der Waals surface area (Å²) >= 11 is 11.2. The van der Waals surface area contributed by atoms with Gasteiger partial charge >= 0.3 is 0 Å². The SMILES string of the molecule is CC(N)=NC(=S)N1CCC(Nc2ccn(Cc3ccc(Cl)cc3)n2)CC1. The van der Waals surface area contributed by atoms with E-state index in [1.807, 2.05) is 41.2 Å². The molecule has 6 nitrogen and oxygen atoms in total. The molecule has 1 fully saturated rings. The number of nitrogens with one attached hydrogen (secondary N) is 1. The van der Waals surface area contributed by atoms with Gasteiger partial charge in [0.05, 0.1) is 12.4 Å². The molecule has 0 radical (unpaired) electrons. The lowest BCUT2D eigenvalue weighted by Crippen LogP contribution is -2.41. The summed E-state index contributed by atoms with van der Waals surface area (Å²) in [7, 11) is 0. The summed E-state index contributed by atoms with van der Waals surface area (Å²) in [5.41, 5.74) is 6.77. The van der Waals surface area contributed by atoms with Gasteiger partial charge in [0.1, 0.15) is 5.82 Å². The predicted molar refractivity (Wildman–Crippen MR) is 111 cm³/mol. The Morgan fingerprint density at radius 2 is 2.00 bits per heavy atom. The molecule has 1 aromatic carbocycles. The molecule has 1 aromatic heterocycles. The number of anilines is 1. The third-order valence-corrected chi connectivity index (χ3v) is 4.89. The van der Waals surface area contributed by atoms with E-state index in [0.29, 0.717) is 17.0 Å². The van der Waals surface area contributed by atoms with Gasteiger partial charge in [-0.25, -0.2) is 4.99 Å². The van der Waals surface area contributed by atoms with Crippen LogP contribution >= 0.6 is 23.8 Å². The van der Waals surface area contributed by atoms with Crippen molar-refractivity contribution in [1.82, 2.24) is 14.7 Å². The van der Waals surface area contributed by atoms with Gasteiger partial charge in [-0.3, -0.25) is 4.68 Å². The van der Waals surface area contributed by atoms with Crippen LogP contribution in [-0.2, 0) is 6.54 Å². The smallest absolute Gasteiger partial charge is 0.197 e. The minimum absolute atomic E-state index is 0.385. The maximum absolute atomic E-state index is 5.92. The largest absolute Gasteiger partial charge is 0.387 e. The third kappa shape index (κ3) is 5.19. The molecule has 2 aromatic rings. The monoisotopic (exact) mass is 390 g/mol. The standard InChI is InChI=1S/C18H23ClN6S/c1-13(20)21-18(26)24-9-6-16(7-10-24)22-17-8-11-25(23-17)12-14-2-4-15(19)5-3-14/h2-5,8,11,16H,6-7,9-10,12H2,1H3,(H,22,23)(H2,20,21,26). The van der Waals surface area contributed by atoms with Gasteiger partial charge in [0.15, 0.2) is 5.11 Å². The number of amidine groups is 1. The molecule has 2 heterocycles. The quantitative estimate of drug-likeness (QED) is 0.476. The molecular weight excluding hydrogens is 368 g/mol. The van der Waals surface area contributed by atoms with Crippen LogP contribution in [-0.4, -0.2) is 44.8 Å². The van der Waals surface area contributed by atoms with Gasteiger partial charge in [0.2, 0.25) is 0 Å². The lowest BCUT2D eigenvalue weighted by Gasteiger charge is -2.32. The number of piperidine rings is 1. The number of thiocarbonyl (C=S) groups is 1. The van der Waals surface area contributed by atoms with Crippen molar-refractivity contribution in [2.24, 2.45) is 10.7 Å². The molecule has 1 aliphatic heterocycles. The number of nitrogens with zero attached hydrogens (tertiary/aromatic N) is 4. The van der Waals surface area contributed by atoms with Crippen LogP contribution in [0.5, 0.6) is 0 Å². The van der Waals surface area contributed by atoms with Gasteiger partial charge in [0, 0.05) is 36.4 Å². The Morgan fingerprint density at radius 1 is 1.31 bits per heavy atom. The van der Waals surface area contributed by atoms with Crippen molar-refractivity contribution in [3.63, 3.8) is 0 Å². The minimum atomic E-state index is 0.385. The summed E-state index contributed by atoms with van der Waals surface area (Å²) in [6, 6.07) is 10.2. The van der Waals surface area contributed by atoms with Gasteiger partial charge in [-0.05, 0) is 49.7 Å². The van der Waals surface area contributed by atoms with Gasteiger partial charge in [-0.15, -0.1) is 0 Å². The maximum atomic E-state index is 5.92. The van der Waals surface area contributed by atoms with E-state index in [2.05, 4.69) is 20.3 Å². The molecule has 0 unspecified atom stereocenters. The number of aliphatic imine (C=N–C) groups is 1. The Morgan fingerprint density at radius 3 is 2.65 bits per heavy atom. The van der Waals surface area contributed by atoms with Crippen molar-refractivity contribution in [2.75, 3.05) is 18.4 Å². The zero-order valence-corrected chi connectivity index (χ0v) is 16.3. The average Bonchev–Trinajstić information content (AvgIpc) is 3.04. The molecule has 0 atom stereocenters. The van der Waals surface area contributed by atoms with Crippen molar-refractivity contribution >= 4 is 40.6 Å². The van der Waals surface area contributed by atoms with Crippen LogP contribution in [0.15, 0.2) is 41.5 Å². The van der Waals surface area contributed by atoms with Gasteiger partial charge < -0.3 is 16.0 Å². The summed E-state index contributed by atoms with van der Waals surface area (Å²) < 4.78 is 1.93. The van der Waals surface area contributed by atoms with Gasteiger partial charge in [0.25, 0.3) is 0 Å². The Hall–Kier alpha value is -2.12. The van der Waals surface area contributed by atoms with Crippen LogP contribution in [0.3, 0.4) is 0 Å². The average molecular weight is 391 g/mol. The number of likely N-dealkylation sites (tertiary alicyclic amines) is 1. The first-order valence-corrected chi connectivity index (χ1v) is 9.42. The lowest BCUT2D eigenvalue weighted by atomic mass is 10.1. The molecule has 0 amide bonds. The van der Waals surface area contributed by atoms with Crippen LogP contribution in [0, 0.1) is 0 Å². The third-order valence-electron chi connectivity index (χ3n) is 4.29. The summed E-state index contributed by atoms with van der Waals surface area (Å²) in [4.78, 5) is 6.27. The molecule has 0 aliphatic carbocycles. The van der Waals surface area contributed by atoms with Crippen LogP contribution in [0.25, 0.3) is 0 Å². The second-order valence-electron chi connectivity index (χ2n) is 6.47. The number of aromatic nitrogens is 2. The highest BCUT2D eigenvalue weighted by Gasteiger charge is 2.21. The zero-order valence-electron chi connectivity index (χ0n) is 14.7. The fourth-order valence-electron chi connectivity index (χ4n) is 2.95. The van der Waals surface area contributed by atoms with E-state index in [4.69, 9.17) is 29.6 Å². The molecule has 1 saturated heterocycles. The number of hydrogen-bond donors (Lipinski definition) is 2. The second kappa shape index (κ2) is 8.51. The Balaban J connectivity index is 1.50. The maximum Gasteiger partial charge on any atom is 0.197 e. The molecule has 1 aliphatic rings. The van der Waals surface area contributed by atoms with Crippen LogP contribution < -0.4 is 11.1 Å². The van der Waals surface area contributed by atoms with E-state index in [-0.39, 0.29) is 0 Å². The van der Waals surface area contributed by atoms with Crippen molar-refractivity contribution in [3.05, 3.63) is 47.1 Å². The normalized spacial score (nSPS) is 15.9. The Labute approximate surface area is 164 Å². The lowest BCUT2D eigenvalue weighted by molar-refractivity contribution is 0.325. The molecule has 3 rings (SSSR count). The van der Waals surface area contributed by atoms with E-state index in [0.717, 1.165) is 43.3 Å². The molecule has 0 saturated carbocycles. The molecule has 0 spiro atoms. The second-order valence-corrected chi connectivity index (χ2v) is 7.27. The molecular formula is C18H23ClN6S. The highest BCUT2D eigenvalue weighted by molar-refractivity contribution is 7.80. The fraction of sp³-hybridized carbons (Fsp3) is 0.389. The van der Waals surface area contributed by atoms with Crippen molar-refractivity contribution in [3.8, 4) is 0 Å². The number of nitrogens with two attached hydrogens (primary N) is 1. The van der Waals surface area contributed by atoms with Gasteiger partial charge in [-0.1, -0.05) is 23.7 Å². The summed E-state index contributed by atoms with van der Waals surface area (Å²) in [6.45, 7) is 4.22. The van der Waals surface area contributed by atoms with Gasteiger partial charge in [-0.2, -0.15) is 5.10 Å².